The Morgan fingerprint density at radius 1 is 1.47 bits per heavy atom. The van der Waals surface area contributed by atoms with Crippen LogP contribution in [0.2, 0.25) is 0 Å². The number of rotatable bonds is 4. The van der Waals surface area contributed by atoms with E-state index in [2.05, 4.69) is 4.98 Å². The molecule has 15 heavy (non-hydrogen) atoms. The van der Waals surface area contributed by atoms with Crippen molar-refractivity contribution < 1.29 is 17.6 Å². The number of pyridine rings is 1. The number of Topliss-reactive ketones (excluding diaryl/α,β-unsaturated/α-hetero) is 1. The van der Waals surface area contributed by atoms with Gasteiger partial charge in [0, 0.05) is 12.7 Å². The molecule has 0 aliphatic heterocycles. The summed E-state index contributed by atoms with van der Waals surface area (Å²) < 4.78 is 34.0. The summed E-state index contributed by atoms with van der Waals surface area (Å²) in [6, 6.07) is 2.35. The lowest BCUT2D eigenvalue weighted by atomic mass is 10.2. The van der Waals surface area contributed by atoms with Gasteiger partial charge in [-0.1, -0.05) is 0 Å². The van der Waals surface area contributed by atoms with E-state index < -0.39 is 21.4 Å². The molecule has 0 saturated carbocycles. The van der Waals surface area contributed by atoms with Gasteiger partial charge >= 0.3 is 0 Å². The molecule has 0 spiro atoms. The van der Waals surface area contributed by atoms with E-state index >= 15 is 0 Å². The molecule has 0 aliphatic carbocycles. The Kier molecular flexibility index (Phi) is 3.52. The normalized spacial score (nSPS) is 11.3. The lowest BCUT2D eigenvalue weighted by Crippen LogP contribution is -2.10. The van der Waals surface area contributed by atoms with Crippen LogP contribution >= 0.6 is 0 Å². The van der Waals surface area contributed by atoms with Crippen LogP contribution in [0.25, 0.3) is 0 Å². The second-order valence-corrected chi connectivity index (χ2v) is 5.42. The molecule has 6 heteroatoms. The summed E-state index contributed by atoms with van der Waals surface area (Å²) >= 11 is 0. The number of halogens is 1. The van der Waals surface area contributed by atoms with Gasteiger partial charge in [0.15, 0.2) is 5.78 Å². The third-order valence-corrected chi connectivity index (χ3v) is 2.66. The predicted octanol–water partition coefficient (Wildman–Crippen LogP) is 0.838. The van der Waals surface area contributed by atoms with Crippen LogP contribution in [-0.4, -0.2) is 31.2 Å². The summed E-state index contributed by atoms with van der Waals surface area (Å²) in [6.07, 6.45) is 1.85. The Bertz CT molecular complexity index is 453. The number of aromatic nitrogens is 1. The first-order chi connectivity index (χ1) is 6.88. The van der Waals surface area contributed by atoms with Crippen molar-refractivity contribution in [3.05, 3.63) is 29.8 Å². The van der Waals surface area contributed by atoms with E-state index in [9.17, 15) is 17.6 Å². The van der Waals surface area contributed by atoms with Gasteiger partial charge in [0.1, 0.15) is 21.3 Å². The minimum atomic E-state index is -3.16. The van der Waals surface area contributed by atoms with Crippen molar-refractivity contribution in [1.29, 1.82) is 0 Å². The van der Waals surface area contributed by atoms with Gasteiger partial charge in [0.05, 0.1) is 11.9 Å². The number of ketones is 1. The van der Waals surface area contributed by atoms with Crippen LogP contribution in [0.1, 0.15) is 16.9 Å². The Labute approximate surface area is 87.1 Å². The van der Waals surface area contributed by atoms with Crippen LogP contribution in [0.4, 0.5) is 4.39 Å². The third kappa shape index (κ3) is 4.16. The van der Waals surface area contributed by atoms with E-state index in [0.29, 0.717) is 0 Å². The van der Waals surface area contributed by atoms with Crippen LogP contribution in [-0.2, 0) is 9.84 Å². The first-order valence-corrected chi connectivity index (χ1v) is 6.27. The molecule has 0 N–H and O–H groups in total. The van der Waals surface area contributed by atoms with Crippen molar-refractivity contribution in [1.82, 2.24) is 4.98 Å². The van der Waals surface area contributed by atoms with Crippen molar-refractivity contribution in [3.63, 3.8) is 0 Å². The smallest absolute Gasteiger partial charge is 0.182 e. The van der Waals surface area contributed by atoms with Crippen molar-refractivity contribution in [2.45, 2.75) is 6.42 Å². The second kappa shape index (κ2) is 4.48. The highest BCUT2D eigenvalue weighted by molar-refractivity contribution is 7.90. The van der Waals surface area contributed by atoms with E-state index in [4.69, 9.17) is 0 Å². The van der Waals surface area contributed by atoms with E-state index in [1.807, 2.05) is 0 Å². The molecule has 82 valence electrons. The molecule has 0 aromatic carbocycles. The number of hydrogen-bond acceptors (Lipinski definition) is 4. The van der Waals surface area contributed by atoms with Crippen LogP contribution in [0, 0.1) is 5.82 Å². The Morgan fingerprint density at radius 2 is 2.13 bits per heavy atom. The first kappa shape index (κ1) is 11.8. The fourth-order valence-electron chi connectivity index (χ4n) is 0.947. The number of sulfone groups is 1. The Hall–Kier alpha value is -1.30. The minimum Gasteiger partial charge on any atom is -0.292 e. The molecular weight excluding hydrogens is 221 g/mol. The van der Waals surface area contributed by atoms with E-state index in [-0.39, 0.29) is 17.9 Å². The number of nitrogens with zero attached hydrogens (tertiary/aromatic N) is 1. The molecule has 0 fully saturated rings. The maximum atomic E-state index is 12.5. The Morgan fingerprint density at radius 3 is 2.60 bits per heavy atom. The van der Waals surface area contributed by atoms with Crippen LogP contribution in [0.3, 0.4) is 0 Å². The quantitative estimate of drug-likeness (QED) is 0.720. The molecule has 0 unspecified atom stereocenters. The lowest BCUT2D eigenvalue weighted by Gasteiger charge is -1.98. The van der Waals surface area contributed by atoms with Gasteiger partial charge in [-0.2, -0.15) is 0 Å². The molecule has 1 heterocycles. The minimum absolute atomic E-state index is 0.0834. The van der Waals surface area contributed by atoms with Gasteiger partial charge in [-0.25, -0.2) is 12.8 Å². The maximum Gasteiger partial charge on any atom is 0.182 e. The predicted molar refractivity (Wildman–Crippen MR) is 52.9 cm³/mol. The number of carbonyl (C=O) groups is 1. The van der Waals surface area contributed by atoms with Crippen LogP contribution in [0.5, 0.6) is 0 Å². The first-order valence-electron chi connectivity index (χ1n) is 4.21. The molecule has 1 aromatic rings. The largest absolute Gasteiger partial charge is 0.292 e. The van der Waals surface area contributed by atoms with Gasteiger partial charge in [-0.05, 0) is 12.1 Å². The molecular formula is C9H10FNO3S. The molecule has 0 atom stereocenters. The van der Waals surface area contributed by atoms with Crippen molar-refractivity contribution >= 4 is 15.6 Å². The highest BCUT2D eigenvalue weighted by Crippen LogP contribution is 2.03. The molecule has 1 aromatic heterocycles. The number of hydrogen-bond donors (Lipinski definition) is 0. The molecule has 0 radical (unpaired) electrons. The molecule has 0 saturated heterocycles. The SMILES string of the molecule is CS(=O)(=O)CCC(=O)c1ccc(F)cn1. The van der Waals surface area contributed by atoms with Crippen molar-refractivity contribution in [2.75, 3.05) is 12.0 Å². The van der Waals surface area contributed by atoms with Crippen LogP contribution < -0.4 is 0 Å². The highest BCUT2D eigenvalue weighted by atomic mass is 32.2. The zero-order valence-electron chi connectivity index (χ0n) is 8.10. The zero-order chi connectivity index (χ0) is 11.5. The van der Waals surface area contributed by atoms with E-state index in [1.54, 1.807) is 0 Å². The zero-order valence-corrected chi connectivity index (χ0v) is 8.92. The monoisotopic (exact) mass is 231 g/mol. The fraction of sp³-hybridized carbons (Fsp3) is 0.333. The standard InChI is InChI=1S/C9H10FNO3S/c1-15(13,14)5-4-9(12)8-3-2-7(10)6-11-8/h2-3,6H,4-5H2,1H3. The molecule has 0 bridgehead atoms. The van der Waals surface area contributed by atoms with Crippen molar-refractivity contribution in [2.24, 2.45) is 0 Å². The summed E-state index contributed by atoms with van der Waals surface area (Å²) in [5.41, 5.74) is 0.0834. The highest BCUT2D eigenvalue weighted by Gasteiger charge is 2.11. The summed E-state index contributed by atoms with van der Waals surface area (Å²) in [5, 5.41) is 0. The maximum absolute atomic E-state index is 12.5. The second-order valence-electron chi connectivity index (χ2n) is 3.16. The summed E-state index contributed by atoms with van der Waals surface area (Å²) in [4.78, 5) is 14.9. The Balaban J connectivity index is 2.66. The van der Waals surface area contributed by atoms with E-state index in [1.165, 1.54) is 6.07 Å². The summed E-state index contributed by atoms with van der Waals surface area (Å²) in [7, 11) is -3.16. The van der Waals surface area contributed by atoms with Crippen molar-refractivity contribution in [3.8, 4) is 0 Å². The summed E-state index contributed by atoms with van der Waals surface area (Å²) in [5.74, 6) is -1.15. The molecule has 1 rings (SSSR count). The van der Waals surface area contributed by atoms with E-state index in [0.717, 1.165) is 18.5 Å². The fourth-order valence-corrected chi connectivity index (χ4v) is 1.50. The average Bonchev–Trinajstić information content (AvgIpc) is 2.14. The molecule has 0 amide bonds. The lowest BCUT2D eigenvalue weighted by molar-refractivity contribution is 0.0984. The van der Waals surface area contributed by atoms with Gasteiger partial charge in [0.25, 0.3) is 0 Å². The number of carbonyl (C=O) groups excluding carboxylic acids is 1. The average molecular weight is 231 g/mol. The molecule has 0 aliphatic rings. The third-order valence-electron chi connectivity index (χ3n) is 1.71. The van der Waals surface area contributed by atoms with Gasteiger partial charge in [-0.15, -0.1) is 0 Å². The summed E-state index contributed by atoms with van der Waals surface area (Å²) in [6.45, 7) is 0. The topological polar surface area (TPSA) is 64.1 Å². The van der Waals surface area contributed by atoms with Gasteiger partial charge in [0.2, 0.25) is 0 Å². The molecule has 4 nitrogen and oxygen atoms in total. The van der Waals surface area contributed by atoms with Gasteiger partial charge in [-0.3, -0.25) is 9.78 Å². The van der Waals surface area contributed by atoms with Crippen LogP contribution in [0.15, 0.2) is 18.3 Å². The van der Waals surface area contributed by atoms with Gasteiger partial charge < -0.3 is 0 Å².